The molecule has 0 aliphatic heterocycles. The highest BCUT2D eigenvalue weighted by Crippen LogP contribution is 2.42. The minimum atomic E-state index is -1.93. The van der Waals surface area contributed by atoms with Crippen molar-refractivity contribution in [3.63, 3.8) is 0 Å². The Kier molecular flexibility index (Phi) is 15.2. The van der Waals surface area contributed by atoms with Gasteiger partial charge in [-0.3, -0.25) is 0 Å². The van der Waals surface area contributed by atoms with Crippen LogP contribution in [0.25, 0.3) is 0 Å². The van der Waals surface area contributed by atoms with Crippen LogP contribution in [0, 0.1) is 0 Å². The number of aromatic hydroxyl groups is 2. The van der Waals surface area contributed by atoms with Crippen LogP contribution in [-0.4, -0.2) is 65.3 Å². The number of thioether (sulfide) groups is 2. The van der Waals surface area contributed by atoms with Crippen molar-refractivity contribution in [1.29, 1.82) is 0 Å². The van der Waals surface area contributed by atoms with Gasteiger partial charge in [-0.05, 0) is 45.2 Å². The molecule has 2 aromatic rings. The molecule has 0 heterocycles. The van der Waals surface area contributed by atoms with E-state index in [2.05, 4.69) is 181 Å². The normalized spacial score (nSPS) is 19.1. The molecule has 308 valence electrons. The summed E-state index contributed by atoms with van der Waals surface area (Å²) in [5, 5.41) is 28.5. The molecule has 1 saturated carbocycles. The van der Waals surface area contributed by atoms with Gasteiger partial charge in [-0.1, -0.05) is 183 Å². The molecule has 10 heteroatoms. The number of phenols is 2. The second-order valence-corrected chi connectivity index (χ2v) is 82.5. The summed E-state index contributed by atoms with van der Waals surface area (Å²) in [7, 11) is -10.2. The van der Waals surface area contributed by atoms with Crippen LogP contribution in [0.1, 0.15) is 102 Å². The van der Waals surface area contributed by atoms with Gasteiger partial charge in [0, 0.05) is 63.5 Å². The van der Waals surface area contributed by atoms with Crippen molar-refractivity contribution in [2.45, 2.75) is 205 Å². The van der Waals surface area contributed by atoms with E-state index in [0.29, 0.717) is 22.0 Å². The summed E-state index contributed by atoms with van der Waals surface area (Å²) in [4.78, 5) is 0. The van der Waals surface area contributed by atoms with Crippen molar-refractivity contribution >= 4 is 78.5 Å². The topological polar surface area (TPSA) is 40.5 Å². The van der Waals surface area contributed by atoms with Crippen molar-refractivity contribution in [1.82, 2.24) is 0 Å². The molecule has 0 spiro atoms. The Hall–Kier alpha value is 0.0413. The SMILES string of the molecule is CC(C)(C)c1cc(CSC2CCCCCC[C@@H]2SCc2cc(C(C)(C)C)cc([Si](C)([Si](C)(C)C)[Si](C)(C)C)c2O)c(O)c([Si](C)([Si](C)(C)C)[Si](C)(C)C)c1. The Morgan fingerprint density at radius 2 is 0.759 bits per heavy atom. The molecule has 54 heavy (non-hydrogen) atoms. The van der Waals surface area contributed by atoms with Crippen LogP contribution in [0.15, 0.2) is 24.3 Å². The standard InChI is InChI=1S/C44H84O2S2Si6/c1-43(2,3)35-27-33(41(45)39(29-35)53(19,49(7,8)9)50(10,11)12)31-47-37-25-23-21-22-24-26-38(37)48-32-34-28-36(44(4,5)6)30-40(42(34)46)54(20,51(13,14)15)52(16,17)18/h27-30,37-38,45-46H,21-26,31-32H2,1-20H3/t37-,38?/m0/s1. The third-order valence-corrected chi connectivity index (χ3v) is 98.5. The van der Waals surface area contributed by atoms with Crippen LogP contribution >= 0.6 is 23.5 Å². The number of phenolic OH excluding ortho intramolecular Hbond substituents is 2. The van der Waals surface area contributed by atoms with E-state index in [-0.39, 0.29) is 10.8 Å². The highest BCUT2D eigenvalue weighted by Gasteiger charge is 2.55. The molecule has 2 nitrogen and oxygen atoms in total. The molecular weight excluding hydrogens is 793 g/mol. The average molecular weight is 878 g/mol. The molecule has 3 rings (SSSR count). The molecule has 0 amide bonds. The van der Waals surface area contributed by atoms with E-state index in [9.17, 15) is 10.2 Å². The molecular formula is C44H84O2S2Si6. The summed E-state index contributed by atoms with van der Waals surface area (Å²) in [6, 6.07) is 9.67. The van der Waals surface area contributed by atoms with Gasteiger partial charge in [0.2, 0.25) is 0 Å². The smallest absolute Gasteiger partial charge is 0.118 e. The van der Waals surface area contributed by atoms with Gasteiger partial charge in [0.25, 0.3) is 0 Å². The summed E-state index contributed by atoms with van der Waals surface area (Å²) >= 11 is 4.25. The summed E-state index contributed by atoms with van der Waals surface area (Å²) < 4.78 is 0. The Morgan fingerprint density at radius 3 is 1.00 bits per heavy atom. The van der Waals surface area contributed by atoms with Crippen LogP contribution in [0.5, 0.6) is 11.5 Å². The van der Waals surface area contributed by atoms with E-state index < -0.39 is 44.6 Å². The lowest BCUT2D eigenvalue weighted by Crippen LogP contribution is -2.76. The number of benzene rings is 2. The number of hydrogen-bond donors (Lipinski definition) is 2. The largest absolute Gasteiger partial charge is 0.508 e. The quantitative estimate of drug-likeness (QED) is 0.208. The first-order chi connectivity index (χ1) is 24.2. The van der Waals surface area contributed by atoms with Gasteiger partial charge >= 0.3 is 0 Å². The van der Waals surface area contributed by atoms with Crippen LogP contribution in [0.2, 0.25) is 91.7 Å². The first-order valence-electron chi connectivity index (χ1n) is 21.2. The fourth-order valence-electron chi connectivity index (χ4n) is 9.29. The Balaban J connectivity index is 2.09. The third kappa shape index (κ3) is 10.2. The monoisotopic (exact) mass is 876 g/mol. The van der Waals surface area contributed by atoms with Gasteiger partial charge in [0.1, 0.15) is 11.5 Å². The van der Waals surface area contributed by atoms with E-state index in [0.717, 1.165) is 11.5 Å². The van der Waals surface area contributed by atoms with Crippen molar-refractivity contribution in [3.05, 3.63) is 46.5 Å². The lowest BCUT2D eigenvalue weighted by atomic mass is 9.86. The summed E-state index contributed by atoms with van der Waals surface area (Å²) in [6.07, 6.45) is 7.70. The third-order valence-electron chi connectivity index (χ3n) is 14.2. The van der Waals surface area contributed by atoms with Gasteiger partial charge in [-0.25, -0.2) is 0 Å². The molecule has 0 aromatic heterocycles. The predicted octanol–water partition coefficient (Wildman–Crippen LogP) is 13.2. The summed E-state index contributed by atoms with van der Waals surface area (Å²) in [5.41, 5.74) is 5.18. The summed E-state index contributed by atoms with van der Waals surface area (Å²) in [5.74, 6) is 3.02. The minimum Gasteiger partial charge on any atom is -0.508 e. The molecule has 2 atom stereocenters. The van der Waals surface area contributed by atoms with Crippen molar-refractivity contribution in [2.75, 3.05) is 0 Å². The fourth-order valence-corrected chi connectivity index (χ4v) is 88.2. The fraction of sp³-hybridized carbons (Fsp3) is 0.727. The maximum Gasteiger partial charge on any atom is 0.118 e. The highest BCUT2D eigenvalue weighted by atomic mass is 32.2. The van der Waals surface area contributed by atoms with E-state index in [1.807, 2.05) is 0 Å². The lowest BCUT2D eigenvalue weighted by molar-refractivity contribution is 0.472. The van der Waals surface area contributed by atoms with E-state index in [4.69, 9.17) is 0 Å². The molecule has 1 aliphatic rings. The van der Waals surface area contributed by atoms with Gasteiger partial charge in [-0.2, -0.15) is 23.5 Å². The van der Waals surface area contributed by atoms with Crippen molar-refractivity contribution < 1.29 is 10.2 Å². The van der Waals surface area contributed by atoms with Crippen LogP contribution in [0.4, 0.5) is 0 Å². The van der Waals surface area contributed by atoms with E-state index >= 15 is 0 Å². The molecule has 0 saturated heterocycles. The van der Waals surface area contributed by atoms with Gasteiger partial charge in [0.15, 0.2) is 0 Å². The molecule has 1 fully saturated rings. The van der Waals surface area contributed by atoms with E-state index in [1.165, 1.54) is 71.2 Å². The Bertz CT molecular complexity index is 1450. The molecule has 1 unspecified atom stereocenters. The molecule has 0 bridgehead atoms. The first kappa shape index (κ1) is 48.4. The maximum absolute atomic E-state index is 12.4. The van der Waals surface area contributed by atoms with E-state index in [1.54, 1.807) is 0 Å². The molecule has 2 N–H and O–H groups in total. The van der Waals surface area contributed by atoms with Crippen LogP contribution in [0.3, 0.4) is 0 Å². The average Bonchev–Trinajstić information content (AvgIpc) is 2.97. The zero-order valence-electron chi connectivity index (χ0n) is 38.8. The van der Waals surface area contributed by atoms with Gasteiger partial charge in [-0.15, -0.1) is 0 Å². The molecule has 2 aromatic carbocycles. The maximum atomic E-state index is 12.4. The Morgan fingerprint density at radius 1 is 0.481 bits per heavy atom. The first-order valence-corrected chi connectivity index (χ1v) is 46.3. The Labute approximate surface area is 348 Å². The lowest BCUT2D eigenvalue weighted by Gasteiger charge is -2.49. The predicted molar refractivity (Wildman–Crippen MR) is 267 cm³/mol. The van der Waals surface area contributed by atoms with Crippen LogP contribution in [-0.2, 0) is 22.3 Å². The summed E-state index contributed by atoms with van der Waals surface area (Å²) in [6.45, 7) is 50.2. The number of hydrogen-bond acceptors (Lipinski definition) is 4. The van der Waals surface area contributed by atoms with Crippen LogP contribution < -0.4 is 10.4 Å². The molecule has 1 aliphatic carbocycles. The van der Waals surface area contributed by atoms with Gasteiger partial charge < -0.3 is 10.2 Å². The zero-order valence-corrected chi connectivity index (χ0v) is 46.5. The van der Waals surface area contributed by atoms with Crippen molar-refractivity contribution in [2.24, 2.45) is 0 Å². The van der Waals surface area contributed by atoms with Gasteiger partial charge in [0.05, 0.1) is 14.2 Å². The minimum absolute atomic E-state index is 0.0288. The zero-order chi connectivity index (χ0) is 41.7. The second kappa shape index (κ2) is 17.0. The van der Waals surface area contributed by atoms with Crippen molar-refractivity contribution in [3.8, 4) is 11.5 Å². The highest BCUT2D eigenvalue weighted by molar-refractivity contribution is 8.03. The second-order valence-electron chi connectivity index (χ2n) is 23.5. The number of rotatable bonds is 12. The molecule has 0 radical (unpaired) electrons.